The van der Waals surface area contributed by atoms with E-state index < -0.39 is 0 Å². The molecule has 0 saturated carbocycles. The van der Waals surface area contributed by atoms with Gasteiger partial charge in [0.25, 0.3) is 0 Å². The molecule has 0 fully saturated rings. The molecule has 0 radical (unpaired) electrons. The number of para-hydroxylation sites is 1. The summed E-state index contributed by atoms with van der Waals surface area (Å²) in [5, 5.41) is 4.77. The SMILES string of the molecule is c1ccc(-c2ccccc2Oc2cccc3cc4ccccc4cc23)cc1. The number of fused-ring (bicyclic) bond motifs is 2. The maximum atomic E-state index is 6.43. The molecule has 0 aromatic heterocycles. The zero-order valence-corrected chi connectivity index (χ0v) is 14.8. The summed E-state index contributed by atoms with van der Waals surface area (Å²) in [6.07, 6.45) is 0. The summed E-state index contributed by atoms with van der Waals surface area (Å²) in [5.74, 6) is 1.74. The van der Waals surface area contributed by atoms with Crippen LogP contribution in [-0.4, -0.2) is 0 Å². The van der Waals surface area contributed by atoms with Gasteiger partial charge in [-0.1, -0.05) is 84.9 Å². The Hall–Kier alpha value is -3.58. The van der Waals surface area contributed by atoms with E-state index in [4.69, 9.17) is 4.74 Å². The maximum absolute atomic E-state index is 6.43. The van der Waals surface area contributed by atoms with Crippen LogP contribution >= 0.6 is 0 Å². The Morgan fingerprint density at radius 3 is 1.93 bits per heavy atom. The van der Waals surface area contributed by atoms with Crippen molar-refractivity contribution in [3.8, 4) is 22.6 Å². The van der Waals surface area contributed by atoms with Crippen LogP contribution in [-0.2, 0) is 0 Å². The van der Waals surface area contributed by atoms with Crippen LogP contribution in [0.25, 0.3) is 32.7 Å². The molecular formula is C26H18O. The van der Waals surface area contributed by atoms with Gasteiger partial charge in [-0.05, 0) is 46.0 Å². The van der Waals surface area contributed by atoms with Crippen LogP contribution in [0.1, 0.15) is 0 Å². The van der Waals surface area contributed by atoms with E-state index in [1.807, 2.05) is 30.3 Å². The zero-order chi connectivity index (χ0) is 18.1. The average Bonchev–Trinajstić information content (AvgIpc) is 2.74. The normalized spacial score (nSPS) is 11.0. The first-order valence-electron chi connectivity index (χ1n) is 9.12. The van der Waals surface area contributed by atoms with Crippen molar-refractivity contribution in [1.82, 2.24) is 0 Å². The molecule has 0 saturated heterocycles. The lowest BCUT2D eigenvalue weighted by atomic mass is 10.0. The molecule has 0 aliphatic heterocycles. The van der Waals surface area contributed by atoms with Gasteiger partial charge < -0.3 is 4.74 Å². The van der Waals surface area contributed by atoms with E-state index in [9.17, 15) is 0 Å². The van der Waals surface area contributed by atoms with E-state index in [-0.39, 0.29) is 0 Å². The minimum atomic E-state index is 0.865. The Kier molecular flexibility index (Phi) is 3.84. The minimum Gasteiger partial charge on any atom is -0.456 e. The molecule has 0 spiro atoms. The third-order valence-electron chi connectivity index (χ3n) is 4.90. The molecule has 0 amide bonds. The molecule has 1 nitrogen and oxygen atoms in total. The van der Waals surface area contributed by atoms with E-state index in [2.05, 4.69) is 78.9 Å². The molecule has 5 aromatic rings. The fourth-order valence-electron chi connectivity index (χ4n) is 3.56. The van der Waals surface area contributed by atoms with Gasteiger partial charge in [-0.15, -0.1) is 0 Å². The van der Waals surface area contributed by atoms with Gasteiger partial charge in [0.2, 0.25) is 0 Å². The third-order valence-corrected chi connectivity index (χ3v) is 4.90. The highest BCUT2D eigenvalue weighted by molar-refractivity contribution is 6.01. The highest BCUT2D eigenvalue weighted by atomic mass is 16.5. The zero-order valence-electron chi connectivity index (χ0n) is 14.8. The average molecular weight is 346 g/mol. The van der Waals surface area contributed by atoms with Crippen molar-refractivity contribution in [2.24, 2.45) is 0 Å². The van der Waals surface area contributed by atoms with Gasteiger partial charge >= 0.3 is 0 Å². The quantitative estimate of drug-likeness (QED) is 0.308. The molecule has 0 N–H and O–H groups in total. The number of hydrogen-bond acceptors (Lipinski definition) is 1. The van der Waals surface area contributed by atoms with Crippen molar-refractivity contribution < 1.29 is 4.74 Å². The Morgan fingerprint density at radius 1 is 0.444 bits per heavy atom. The van der Waals surface area contributed by atoms with E-state index in [1.165, 1.54) is 16.2 Å². The first kappa shape index (κ1) is 15.7. The second kappa shape index (κ2) is 6.62. The van der Waals surface area contributed by atoms with Crippen LogP contribution in [0.4, 0.5) is 0 Å². The molecule has 0 unspecified atom stereocenters. The van der Waals surface area contributed by atoms with E-state index in [0.717, 1.165) is 28.0 Å². The predicted octanol–water partition coefficient (Wildman–Crippen LogP) is 7.45. The van der Waals surface area contributed by atoms with Crippen LogP contribution in [0, 0.1) is 0 Å². The molecule has 5 rings (SSSR count). The van der Waals surface area contributed by atoms with Crippen LogP contribution in [0.15, 0.2) is 109 Å². The first-order chi connectivity index (χ1) is 13.4. The van der Waals surface area contributed by atoms with Crippen molar-refractivity contribution in [2.45, 2.75) is 0 Å². The smallest absolute Gasteiger partial charge is 0.135 e. The molecule has 0 heterocycles. The van der Waals surface area contributed by atoms with E-state index in [1.54, 1.807) is 0 Å². The topological polar surface area (TPSA) is 9.23 Å². The Bertz CT molecular complexity index is 1240. The highest BCUT2D eigenvalue weighted by Gasteiger charge is 2.09. The van der Waals surface area contributed by atoms with Gasteiger partial charge in [0, 0.05) is 10.9 Å². The Labute approximate surface area is 158 Å². The standard InChI is InChI=1S/C26H18O/c1-2-9-19(10-3-1)23-14-6-7-15-25(23)27-26-16-8-13-22-17-20-11-4-5-12-21(20)18-24(22)26/h1-18H. The summed E-state index contributed by atoms with van der Waals surface area (Å²) in [6, 6.07) is 37.7. The molecule has 27 heavy (non-hydrogen) atoms. The lowest BCUT2D eigenvalue weighted by Crippen LogP contribution is -1.89. The Morgan fingerprint density at radius 2 is 1.07 bits per heavy atom. The van der Waals surface area contributed by atoms with Crippen LogP contribution in [0.5, 0.6) is 11.5 Å². The number of ether oxygens (including phenoxy) is 1. The molecule has 0 aliphatic rings. The van der Waals surface area contributed by atoms with Gasteiger partial charge in [-0.2, -0.15) is 0 Å². The monoisotopic (exact) mass is 346 g/mol. The van der Waals surface area contributed by atoms with Crippen molar-refractivity contribution in [3.05, 3.63) is 109 Å². The lowest BCUT2D eigenvalue weighted by molar-refractivity contribution is 0.490. The summed E-state index contributed by atoms with van der Waals surface area (Å²) in [5.41, 5.74) is 2.25. The first-order valence-corrected chi connectivity index (χ1v) is 9.12. The molecular weight excluding hydrogens is 328 g/mol. The third kappa shape index (κ3) is 2.94. The van der Waals surface area contributed by atoms with Crippen molar-refractivity contribution in [2.75, 3.05) is 0 Å². The largest absolute Gasteiger partial charge is 0.456 e. The van der Waals surface area contributed by atoms with Crippen LogP contribution < -0.4 is 4.74 Å². The molecule has 5 aromatic carbocycles. The van der Waals surface area contributed by atoms with Crippen molar-refractivity contribution in [3.63, 3.8) is 0 Å². The van der Waals surface area contributed by atoms with Gasteiger partial charge in [-0.25, -0.2) is 0 Å². The number of rotatable bonds is 3. The minimum absolute atomic E-state index is 0.865. The van der Waals surface area contributed by atoms with Gasteiger partial charge in [0.05, 0.1) is 0 Å². The summed E-state index contributed by atoms with van der Waals surface area (Å²) < 4.78 is 6.43. The van der Waals surface area contributed by atoms with E-state index in [0.29, 0.717) is 0 Å². The van der Waals surface area contributed by atoms with Gasteiger partial charge in [0.15, 0.2) is 0 Å². The molecule has 0 atom stereocenters. The molecule has 128 valence electrons. The number of hydrogen-bond donors (Lipinski definition) is 0. The van der Waals surface area contributed by atoms with Crippen LogP contribution in [0.3, 0.4) is 0 Å². The molecule has 0 aliphatic carbocycles. The maximum Gasteiger partial charge on any atom is 0.135 e. The molecule has 0 bridgehead atoms. The summed E-state index contributed by atoms with van der Waals surface area (Å²) in [6.45, 7) is 0. The summed E-state index contributed by atoms with van der Waals surface area (Å²) >= 11 is 0. The second-order valence-electron chi connectivity index (χ2n) is 6.64. The lowest BCUT2D eigenvalue weighted by Gasteiger charge is -2.14. The van der Waals surface area contributed by atoms with Crippen LogP contribution in [0.2, 0.25) is 0 Å². The fourth-order valence-corrected chi connectivity index (χ4v) is 3.56. The van der Waals surface area contributed by atoms with Crippen molar-refractivity contribution in [1.29, 1.82) is 0 Å². The number of benzene rings is 5. The second-order valence-corrected chi connectivity index (χ2v) is 6.64. The van der Waals surface area contributed by atoms with E-state index >= 15 is 0 Å². The van der Waals surface area contributed by atoms with Gasteiger partial charge in [-0.3, -0.25) is 0 Å². The van der Waals surface area contributed by atoms with Gasteiger partial charge in [0.1, 0.15) is 11.5 Å². The predicted molar refractivity (Wildman–Crippen MR) is 113 cm³/mol. The fraction of sp³-hybridized carbons (Fsp3) is 0. The summed E-state index contributed by atoms with van der Waals surface area (Å²) in [4.78, 5) is 0. The Balaban J connectivity index is 1.65. The summed E-state index contributed by atoms with van der Waals surface area (Å²) in [7, 11) is 0. The highest BCUT2D eigenvalue weighted by Crippen LogP contribution is 2.37. The molecule has 1 heteroatoms. The van der Waals surface area contributed by atoms with Crippen molar-refractivity contribution >= 4 is 21.5 Å².